The van der Waals surface area contributed by atoms with E-state index in [1.807, 2.05) is 23.5 Å². The monoisotopic (exact) mass is 325 g/mol. The van der Waals surface area contributed by atoms with Gasteiger partial charge in [-0.3, -0.25) is 0 Å². The molecular weight excluding hydrogens is 298 g/mol. The molecule has 1 atom stereocenters. The molecule has 0 spiro atoms. The number of hydrogen-bond acceptors (Lipinski definition) is 5. The third-order valence-corrected chi connectivity index (χ3v) is 6.32. The summed E-state index contributed by atoms with van der Waals surface area (Å²) in [4.78, 5) is 9.60. The molecule has 1 fully saturated rings. The summed E-state index contributed by atoms with van der Waals surface area (Å²) in [7, 11) is 0. The van der Waals surface area contributed by atoms with Crippen molar-refractivity contribution in [2.24, 2.45) is 0 Å². The number of thioether (sulfide) groups is 2. The zero-order chi connectivity index (χ0) is 15.5. The van der Waals surface area contributed by atoms with E-state index in [9.17, 15) is 0 Å². The number of hydrogen-bond donors (Lipinski definition) is 1. The first-order valence-electron chi connectivity index (χ1n) is 7.65. The predicted molar refractivity (Wildman–Crippen MR) is 95.5 cm³/mol. The molecule has 1 saturated heterocycles. The average Bonchev–Trinajstić information content (AvgIpc) is 2.41. The van der Waals surface area contributed by atoms with Crippen LogP contribution in [0.3, 0.4) is 0 Å². The summed E-state index contributed by atoms with van der Waals surface area (Å²) in [6.07, 6.45) is 1.00. The lowest BCUT2D eigenvalue weighted by Gasteiger charge is -2.22. The fourth-order valence-corrected chi connectivity index (χ4v) is 5.07. The van der Waals surface area contributed by atoms with Crippen molar-refractivity contribution in [3.8, 4) is 0 Å². The van der Waals surface area contributed by atoms with Crippen LogP contribution in [0.25, 0.3) is 0 Å². The molecule has 0 aromatic carbocycles. The fourth-order valence-electron chi connectivity index (χ4n) is 2.47. The van der Waals surface area contributed by atoms with Gasteiger partial charge in [-0.05, 0) is 53.1 Å². The minimum absolute atomic E-state index is 0.165. The van der Waals surface area contributed by atoms with Gasteiger partial charge in [0, 0.05) is 34.2 Å². The highest BCUT2D eigenvalue weighted by Gasteiger charge is 2.21. The Balaban J connectivity index is 2.06. The lowest BCUT2D eigenvalue weighted by atomic mass is 10.1. The van der Waals surface area contributed by atoms with Gasteiger partial charge >= 0.3 is 0 Å². The van der Waals surface area contributed by atoms with E-state index in [2.05, 4.69) is 39.9 Å². The standard InChI is InChI=1S/C16H27N3S2/c1-11-13(6-7-17-16(3,4)5)12(2)19-15(18-11)14-10-20-8-9-21-14/h14,17H,6-10H2,1-5H3. The fraction of sp³-hybridized carbons (Fsp3) is 0.750. The van der Waals surface area contributed by atoms with Gasteiger partial charge in [-0.2, -0.15) is 11.8 Å². The van der Waals surface area contributed by atoms with Crippen molar-refractivity contribution in [1.82, 2.24) is 15.3 Å². The second kappa shape index (κ2) is 7.34. The Kier molecular flexibility index (Phi) is 5.97. The summed E-state index contributed by atoms with van der Waals surface area (Å²) in [6, 6.07) is 0. The molecule has 2 heterocycles. The van der Waals surface area contributed by atoms with Crippen LogP contribution in [0.5, 0.6) is 0 Å². The van der Waals surface area contributed by atoms with Crippen molar-refractivity contribution in [3.05, 3.63) is 22.8 Å². The highest BCUT2D eigenvalue weighted by atomic mass is 32.2. The zero-order valence-corrected chi connectivity index (χ0v) is 15.5. The number of nitrogens with one attached hydrogen (secondary N) is 1. The number of rotatable bonds is 4. The van der Waals surface area contributed by atoms with Crippen molar-refractivity contribution in [2.75, 3.05) is 23.8 Å². The molecule has 1 aromatic rings. The van der Waals surface area contributed by atoms with Gasteiger partial charge in [0.15, 0.2) is 0 Å². The van der Waals surface area contributed by atoms with E-state index in [1.165, 1.54) is 17.1 Å². The quantitative estimate of drug-likeness (QED) is 0.916. The van der Waals surface area contributed by atoms with Crippen molar-refractivity contribution >= 4 is 23.5 Å². The summed E-state index contributed by atoms with van der Waals surface area (Å²) in [6.45, 7) is 11.8. The zero-order valence-electron chi connectivity index (χ0n) is 13.8. The molecular formula is C16H27N3S2. The van der Waals surface area contributed by atoms with Gasteiger partial charge < -0.3 is 5.32 Å². The summed E-state index contributed by atoms with van der Waals surface area (Å²) in [5, 5.41) is 4.01. The van der Waals surface area contributed by atoms with Gasteiger partial charge in [0.1, 0.15) is 5.82 Å². The predicted octanol–water partition coefficient (Wildman–Crippen LogP) is 3.55. The Hall–Kier alpha value is -0.260. The molecule has 2 rings (SSSR count). The maximum atomic E-state index is 4.80. The molecule has 1 aliphatic rings. The van der Waals surface area contributed by atoms with Crippen LogP contribution in [-0.2, 0) is 6.42 Å². The molecule has 0 saturated carbocycles. The molecule has 3 nitrogen and oxygen atoms in total. The highest BCUT2D eigenvalue weighted by Crippen LogP contribution is 2.35. The molecule has 0 amide bonds. The van der Waals surface area contributed by atoms with Crippen LogP contribution in [0.15, 0.2) is 0 Å². The Morgan fingerprint density at radius 3 is 2.33 bits per heavy atom. The molecule has 1 aliphatic heterocycles. The maximum Gasteiger partial charge on any atom is 0.142 e. The molecule has 1 unspecified atom stereocenters. The van der Waals surface area contributed by atoms with Crippen molar-refractivity contribution in [1.29, 1.82) is 0 Å². The van der Waals surface area contributed by atoms with E-state index in [4.69, 9.17) is 9.97 Å². The van der Waals surface area contributed by atoms with Gasteiger partial charge in [-0.15, -0.1) is 11.8 Å². The van der Waals surface area contributed by atoms with Gasteiger partial charge in [-0.1, -0.05) is 0 Å². The first-order chi connectivity index (χ1) is 9.87. The van der Waals surface area contributed by atoms with E-state index >= 15 is 0 Å². The molecule has 0 bridgehead atoms. The molecule has 1 aromatic heterocycles. The lowest BCUT2D eigenvalue weighted by Crippen LogP contribution is -2.37. The van der Waals surface area contributed by atoms with E-state index in [-0.39, 0.29) is 5.54 Å². The van der Waals surface area contributed by atoms with E-state index in [0.717, 1.165) is 35.9 Å². The van der Waals surface area contributed by atoms with Crippen LogP contribution in [0.4, 0.5) is 0 Å². The maximum absolute atomic E-state index is 4.80. The SMILES string of the molecule is Cc1nc(C2CSCCS2)nc(C)c1CCNC(C)(C)C. The summed E-state index contributed by atoms with van der Waals surface area (Å²) < 4.78 is 0. The summed E-state index contributed by atoms with van der Waals surface area (Å²) in [5.41, 5.74) is 3.79. The van der Waals surface area contributed by atoms with Gasteiger partial charge in [0.05, 0.1) is 5.25 Å². The van der Waals surface area contributed by atoms with Crippen LogP contribution >= 0.6 is 23.5 Å². The molecule has 1 N–H and O–H groups in total. The van der Waals surface area contributed by atoms with Crippen LogP contribution in [0.1, 0.15) is 48.8 Å². The van der Waals surface area contributed by atoms with Gasteiger partial charge in [0.25, 0.3) is 0 Å². The molecule has 21 heavy (non-hydrogen) atoms. The van der Waals surface area contributed by atoms with E-state index in [1.54, 1.807) is 0 Å². The highest BCUT2D eigenvalue weighted by molar-refractivity contribution is 8.06. The van der Waals surface area contributed by atoms with Gasteiger partial charge in [0.2, 0.25) is 0 Å². The van der Waals surface area contributed by atoms with Crippen molar-refractivity contribution in [3.63, 3.8) is 0 Å². The molecule has 0 aliphatic carbocycles. The smallest absolute Gasteiger partial charge is 0.142 e. The molecule has 5 heteroatoms. The van der Waals surface area contributed by atoms with E-state index < -0.39 is 0 Å². The minimum Gasteiger partial charge on any atom is -0.312 e. The Bertz CT molecular complexity index is 454. The Morgan fingerprint density at radius 1 is 1.14 bits per heavy atom. The third kappa shape index (κ3) is 5.15. The first-order valence-corrected chi connectivity index (χ1v) is 9.85. The summed E-state index contributed by atoms with van der Waals surface area (Å²) in [5.74, 6) is 4.66. The van der Waals surface area contributed by atoms with Crippen LogP contribution in [0, 0.1) is 13.8 Å². The van der Waals surface area contributed by atoms with Crippen LogP contribution < -0.4 is 5.32 Å². The molecule has 118 valence electrons. The van der Waals surface area contributed by atoms with Crippen molar-refractivity contribution in [2.45, 2.75) is 51.8 Å². The number of aryl methyl sites for hydroxylation is 2. The minimum atomic E-state index is 0.165. The van der Waals surface area contributed by atoms with E-state index in [0.29, 0.717) is 5.25 Å². The second-order valence-corrected chi connectivity index (χ2v) is 9.05. The van der Waals surface area contributed by atoms with Gasteiger partial charge in [-0.25, -0.2) is 9.97 Å². The normalized spacial score (nSPS) is 19.8. The number of nitrogens with zero attached hydrogens (tertiary/aromatic N) is 2. The van der Waals surface area contributed by atoms with Crippen molar-refractivity contribution < 1.29 is 0 Å². The van der Waals surface area contributed by atoms with Crippen LogP contribution in [-0.4, -0.2) is 39.3 Å². The summed E-state index contributed by atoms with van der Waals surface area (Å²) >= 11 is 4.02. The third-order valence-electron chi connectivity index (χ3n) is 3.57. The topological polar surface area (TPSA) is 37.8 Å². The largest absolute Gasteiger partial charge is 0.312 e. The second-order valence-electron chi connectivity index (χ2n) is 6.59. The number of aromatic nitrogens is 2. The Labute approximate surface area is 137 Å². The first kappa shape index (κ1) is 17.1. The average molecular weight is 326 g/mol. The Morgan fingerprint density at radius 2 is 1.81 bits per heavy atom. The molecule has 0 radical (unpaired) electrons. The lowest BCUT2D eigenvalue weighted by molar-refractivity contribution is 0.429. The van der Waals surface area contributed by atoms with Crippen LogP contribution in [0.2, 0.25) is 0 Å².